The second-order valence-corrected chi connectivity index (χ2v) is 5.64. The van der Waals surface area contributed by atoms with Gasteiger partial charge in [0.1, 0.15) is 5.75 Å². The Morgan fingerprint density at radius 1 is 1.33 bits per heavy atom. The number of ether oxygens (including phenoxy) is 1. The number of nitrogens with two attached hydrogens (primary N) is 1. The summed E-state index contributed by atoms with van der Waals surface area (Å²) in [4.78, 5) is 1.26. The molecule has 3 N–H and O–H groups in total. The third-order valence-electron chi connectivity index (χ3n) is 2.58. The van der Waals surface area contributed by atoms with E-state index in [-0.39, 0.29) is 0 Å². The minimum absolute atomic E-state index is 0.722. The summed E-state index contributed by atoms with van der Waals surface area (Å²) in [5, 5.41) is 3.30. The molecular weight excluding hydrogens is 268 g/mol. The molecule has 1 aromatic carbocycles. The van der Waals surface area contributed by atoms with Gasteiger partial charge in [-0.15, -0.1) is 11.3 Å². The number of anilines is 2. The van der Waals surface area contributed by atoms with E-state index < -0.39 is 0 Å². The molecule has 96 valence electrons. The molecule has 0 fully saturated rings. The number of benzene rings is 1. The van der Waals surface area contributed by atoms with Crippen molar-refractivity contribution in [2.24, 2.45) is 0 Å². The number of rotatable bonds is 5. The summed E-state index contributed by atoms with van der Waals surface area (Å²) in [6.45, 7) is 0.814. The largest absolute Gasteiger partial charge is 0.497 e. The Labute approximate surface area is 116 Å². The van der Waals surface area contributed by atoms with Gasteiger partial charge in [-0.3, -0.25) is 0 Å². The predicted octanol–water partition coefficient (Wildman–Crippen LogP) is 3.65. The fourth-order valence-corrected chi connectivity index (χ4v) is 2.71. The molecule has 2 rings (SSSR count). The van der Waals surface area contributed by atoms with Gasteiger partial charge in [0.05, 0.1) is 22.8 Å². The van der Waals surface area contributed by atoms with Gasteiger partial charge in [-0.05, 0) is 30.7 Å². The number of hydrogen-bond donors (Lipinski definition) is 2. The molecule has 0 aliphatic heterocycles. The number of nitrogen functional groups attached to an aromatic ring is 1. The van der Waals surface area contributed by atoms with E-state index in [9.17, 15) is 0 Å². The van der Waals surface area contributed by atoms with E-state index in [0.717, 1.165) is 34.4 Å². The van der Waals surface area contributed by atoms with Gasteiger partial charge in [0, 0.05) is 17.5 Å². The van der Waals surface area contributed by atoms with Crippen LogP contribution in [0.25, 0.3) is 0 Å². The maximum Gasteiger partial charge on any atom is 0.121 e. The minimum Gasteiger partial charge on any atom is -0.497 e. The van der Waals surface area contributed by atoms with Gasteiger partial charge in [-0.1, -0.05) is 11.6 Å². The third kappa shape index (κ3) is 3.31. The van der Waals surface area contributed by atoms with Gasteiger partial charge in [0.2, 0.25) is 0 Å². The van der Waals surface area contributed by atoms with Crippen LogP contribution in [-0.2, 0) is 6.42 Å². The molecule has 2 aromatic rings. The molecule has 0 saturated heterocycles. The van der Waals surface area contributed by atoms with Crippen molar-refractivity contribution in [3.8, 4) is 5.75 Å². The van der Waals surface area contributed by atoms with Crippen molar-refractivity contribution in [3.63, 3.8) is 0 Å². The molecule has 0 radical (unpaired) electrons. The second-order valence-electron chi connectivity index (χ2n) is 3.84. The minimum atomic E-state index is 0.722. The highest BCUT2D eigenvalue weighted by Crippen LogP contribution is 2.25. The molecule has 0 saturated carbocycles. The molecule has 1 aromatic heterocycles. The Bertz CT molecular complexity index is 527. The van der Waals surface area contributed by atoms with Crippen LogP contribution < -0.4 is 15.8 Å². The number of hydrogen-bond acceptors (Lipinski definition) is 4. The average Bonchev–Trinajstić information content (AvgIpc) is 2.77. The van der Waals surface area contributed by atoms with Crippen LogP contribution in [0.2, 0.25) is 4.34 Å². The van der Waals surface area contributed by atoms with E-state index in [2.05, 4.69) is 5.32 Å². The van der Waals surface area contributed by atoms with Crippen LogP contribution in [0.1, 0.15) is 4.88 Å². The molecule has 0 atom stereocenters. The highest BCUT2D eigenvalue weighted by molar-refractivity contribution is 7.16. The quantitative estimate of drug-likeness (QED) is 0.823. The van der Waals surface area contributed by atoms with Crippen molar-refractivity contribution < 1.29 is 4.74 Å². The van der Waals surface area contributed by atoms with Crippen LogP contribution in [0.4, 0.5) is 11.4 Å². The van der Waals surface area contributed by atoms with Crippen LogP contribution in [-0.4, -0.2) is 13.7 Å². The summed E-state index contributed by atoms with van der Waals surface area (Å²) in [6.07, 6.45) is 0.925. The monoisotopic (exact) mass is 282 g/mol. The molecule has 0 aliphatic carbocycles. The van der Waals surface area contributed by atoms with Gasteiger partial charge >= 0.3 is 0 Å². The lowest BCUT2D eigenvalue weighted by atomic mass is 10.2. The number of methoxy groups -OCH3 is 1. The van der Waals surface area contributed by atoms with E-state index >= 15 is 0 Å². The Balaban J connectivity index is 1.93. The van der Waals surface area contributed by atoms with Crippen molar-refractivity contribution >= 4 is 34.3 Å². The maximum atomic E-state index is 5.89. The van der Waals surface area contributed by atoms with E-state index in [1.54, 1.807) is 18.4 Å². The first-order valence-corrected chi connectivity index (χ1v) is 6.80. The molecule has 0 spiro atoms. The van der Waals surface area contributed by atoms with Crippen LogP contribution in [0.5, 0.6) is 5.75 Å². The fraction of sp³-hybridized carbons (Fsp3) is 0.231. The molecule has 3 nitrogen and oxygen atoms in total. The first kappa shape index (κ1) is 13.1. The fourth-order valence-electron chi connectivity index (χ4n) is 1.62. The summed E-state index contributed by atoms with van der Waals surface area (Å²) in [5.74, 6) is 0.797. The van der Waals surface area contributed by atoms with Gasteiger partial charge in [-0.2, -0.15) is 0 Å². The number of halogens is 1. The van der Waals surface area contributed by atoms with Crippen molar-refractivity contribution in [2.45, 2.75) is 6.42 Å². The Kier molecular flexibility index (Phi) is 4.33. The Hall–Kier alpha value is -1.39. The summed E-state index contributed by atoms with van der Waals surface area (Å²) in [7, 11) is 1.64. The number of thiophene rings is 1. The van der Waals surface area contributed by atoms with Gasteiger partial charge in [0.25, 0.3) is 0 Å². The van der Waals surface area contributed by atoms with Crippen molar-refractivity contribution in [2.75, 3.05) is 24.7 Å². The molecule has 1 heterocycles. The van der Waals surface area contributed by atoms with Crippen molar-refractivity contribution in [3.05, 3.63) is 39.5 Å². The second kappa shape index (κ2) is 5.98. The number of nitrogens with one attached hydrogen (secondary N) is 1. The van der Waals surface area contributed by atoms with Crippen LogP contribution in [0, 0.1) is 0 Å². The van der Waals surface area contributed by atoms with E-state index in [1.807, 2.05) is 30.3 Å². The first-order chi connectivity index (χ1) is 8.69. The highest BCUT2D eigenvalue weighted by atomic mass is 35.5. The Morgan fingerprint density at radius 2 is 2.17 bits per heavy atom. The van der Waals surface area contributed by atoms with Crippen LogP contribution in [0.3, 0.4) is 0 Å². The summed E-state index contributed by atoms with van der Waals surface area (Å²) < 4.78 is 5.99. The molecular formula is C13H15ClN2OS. The lowest BCUT2D eigenvalue weighted by Crippen LogP contribution is -2.06. The lowest BCUT2D eigenvalue weighted by Gasteiger charge is -2.10. The van der Waals surface area contributed by atoms with E-state index in [0.29, 0.717) is 0 Å². The van der Waals surface area contributed by atoms with E-state index in [1.165, 1.54) is 4.88 Å². The standard InChI is InChI=1S/C13H15ClN2OS/c1-17-9-2-4-11(15)12(8-9)16-7-6-10-3-5-13(14)18-10/h2-5,8,16H,6-7,15H2,1H3. The molecule has 5 heteroatoms. The molecule has 0 unspecified atom stereocenters. The van der Waals surface area contributed by atoms with Crippen LogP contribution in [0.15, 0.2) is 30.3 Å². The molecule has 0 amide bonds. The van der Waals surface area contributed by atoms with Gasteiger partial charge < -0.3 is 15.8 Å². The van der Waals surface area contributed by atoms with Gasteiger partial charge in [-0.25, -0.2) is 0 Å². The maximum absolute atomic E-state index is 5.89. The zero-order valence-corrected chi connectivity index (χ0v) is 11.6. The predicted molar refractivity (Wildman–Crippen MR) is 78.9 cm³/mol. The zero-order chi connectivity index (χ0) is 13.0. The molecule has 0 bridgehead atoms. The third-order valence-corrected chi connectivity index (χ3v) is 3.87. The summed E-state index contributed by atoms with van der Waals surface area (Å²) in [5.41, 5.74) is 7.51. The molecule has 0 aliphatic rings. The summed E-state index contributed by atoms with van der Waals surface area (Å²) in [6, 6.07) is 9.55. The normalized spacial score (nSPS) is 10.3. The lowest BCUT2D eigenvalue weighted by molar-refractivity contribution is 0.415. The topological polar surface area (TPSA) is 47.3 Å². The summed E-state index contributed by atoms with van der Waals surface area (Å²) >= 11 is 7.49. The highest BCUT2D eigenvalue weighted by Gasteiger charge is 2.02. The zero-order valence-electron chi connectivity index (χ0n) is 10.1. The smallest absolute Gasteiger partial charge is 0.121 e. The van der Waals surface area contributed by atoms with Crippen molar-refractivity contribution in [1.29, 1.82) is 0 Å². The van der Waals surface area contributed by atoms with Crippen molar-refractivity contribution in [1.82, 2.24) is 0 Å². The first-order valence-electron chi connectivity index (χ1n) is 5.60. The molecule has 18 heavy (non-hydrogen) atoms. The van der Waals surface area contributed by atoms with Gasteiger partial charge in [0.15, 0.2) is 0 Å². The van der Waals surface area contributed by atoms with Crippen LogP contribution >= 0.6 is 22.9 Å². The van der Waals surface area contributed by atoms with E-state index in [4.69, 9.17) is 22.1 Å². The SMILES string of the molecule is COc1ccc(N)c(NCCc2ccc(Cl)s2)c1. The Morgan fingerprint density at radius 3 is 2.83 bits per heavy atom. The average molecular weight is 283 g/mol.